The standard InChI is InChI=1S/C12H21N3O2/c1-2-11-13-14-12(17-11)8-15-7-5-3-4-6-10(15)9-16/h10,16H,2-9H2,1H3. The molecule has 1 aliphatic rings. The minimum Gasteiger partial charge on any atom is -0.424 e. The van der Waals surface area contributed by atoms with Gasteiger partial charge < -0.3 is 9.52 Å². The van der Waals surface area contributed by atoms with E-state index in [9.17, 15) is 5.11 Å². The van der Waals surface area contributed by atoms with Crippen molar-refractivity contribution in [2.45, 2.75) is 51.6 Å². The molecule has 1 aromatic heterocycles. The highest BCUT2D eigenvalue weighted by Crippen LogP contribution is 2.18. The Bertz CT molecular complexity index is 340. The van der Waals surface area contributed by atoms with Crippen molar-refractivity contribution in [2.24, 2.45) is 0 Å². The summed E-state index contributed by atoms with van der Waals surface area (Å²) in [4.78, 5) is 2.26. The van der Waals surface area contributed by atoms with Crippen LogP contribution in [0.15, 0.2) is 4.42 Å². The predicted molar refractivity (Wildman–Crippen MR) is 63.4 cm³/mol. The molecule has 1 saturated heterocycles. The van der Waals surface area contributed by atoms with Crippen LogP contribution in [0.25, 0.3) is 0 Å². The van der Waals surface area contributed by atoms with Crippen molar-refractivity contribution >= 4 is 0 Å². The second kappa shape index (κ2) is 6.12. The molecule has 0 radical (unpaired) electrons. The number of hydrogen-bond donors (Lipinski definition) is 1. The number of likely N-dealkylation sites (tertiary alicyclic amines) is 1. The van der Waals surface area contributed by atoms with E-state index in [1.165, 1.54) is 19.3 Å². The van der Waals surface area contributed by atoms with Crippen molar-refractivity contribution in [2.75, 3.05) is 13.2 Å². The normalized spacial score (nSPS) is 22.6. The molecule has 1 fully saturated rings. The number of aliphatic hydroxyl groups is 1. The third-order valence-electron chi connectivity index (χ3n) is 3.36. The van der Waals surface area contributed by atoms with E-state index < -0.39 is 0 Å². The highest BCUT2D eigenvalue weighted by molar-refractivity contribution is 4.84. The van der Waals surface area contributed by atoms with Gasteiger partial charge >= 0.3 is 0 Å². The van der Waals surface area contributed by atoms with Crippen molar-refractivity contribution in [1.29, 1.82) is 0 Å². The number of hydrogen-bond acceptors (Lipinski definition) is 5. The van der Waals surface area contributed by atoms with Gasteiger partial charge in [0.15, 0.2) is 0 Å². The van der Waals surface area contributed by atoms with Gasteiger partial charge in [0, 0.05) is 12.5 Å². The minimum absolute atomic E-state index is 0.217. The van der Waals surface area contributed by atoms with Crippen molar-refractivity contribution in [1.82, 2.24) is 15.1 Å². The van der Waals surface area contributed by atoms with Crippen LogP contribution in [0.4, 0.5) is 0 Å². The Kier molecular flexibility index (Phi) is 4.50. The maximum absolute atomic E-state index is 9.41. The van der Waals surface area contributed by atoms with Crippen molar-refractivity contribution < 1.29 is 9.52 Å². The largest absolute Gasteiger partial charge is 0.424 e. The summed E-state index contributed by atoms with van der Waals surface area (Å²) in [6.45, 7) is 3.89. The fourth-order valence-corrected chi connectivity index (χ4v) is 2.32. The Morgan fingerprint density at radius 3 is 2.82 bits per heavy atom. The van der Waals surface area contributed by atoms with E-state index in [2.05, 4.69) is 15.1 Å². The maximum Gasteiger partial charge on any atom is 0.230 e. The van der Waals surface area contributed by atoms with Gasteiger partial charge in [0.2, 0.25) is 11.8 Å². The molecule has 0 amide bonds. The Balaban J connectivity index is 1.99. The molecular formula is C12H21N3O2. The molecule has 0 aliphatic carbocycles. The van der Waals surface area contributed by atoms with E-state index in [-0.39, 0.29) is 12.6 Å². The first-order valence-corrected chi connectivity index (χ1v) is 6.49. The third-order valence-corrected chi connectivity index (χ3v) is 3.36. The SMILES string of the molecule is CCc1nnc(CN2CCCCCC2CO)o1. The van der Waals surface area contributed by atoms with Gasteiger partial charge in [-0.15, -0.1) is 10.2 Å². The number of aromatic nitrogens is 2. The van der Waals surface area contributed by atoms with Gasteiger partial charge in [0.1, 0.15) is 0 Å². The van der Waals surface area contributed by atoms with E-state index in [0.717, 1.165) is 19.4 Å². The molecule has 5 nitrogen and oxygen atoms in total. The van der Waals surface area contributed by atoms with Crippen LogP contribution in [0, 0.1) is 0 Å². The van der Waals surface area contributed by atoms with Gasteiger partial charge in [-0.1, -0.05) is 19.8 Å². The van der Waals surface area contributed by atoms with Crippen molar-refractivity contribution in [3.63, 3.8) is 0 Å². The molecule has 2 heterocycles. The molecule has 5 heteroatoms. The molecule has 1 N–H and O–H groups in total. The lowest BCUT2D eigenvalue weighted by Crippen LogP contribution is -2.37. The second-order valence-electron chi connectivity index (χ2n) is 4.60. The Labute approximate surface area is 102 Å². The van der Waals surface area contributed by atoms with Gasteiger partial charge in [-0.3, -0.25) is 4.90 Å². The summed E-state index contributed by atoms with van der Waals surface area (Å²) >= 11 is 0. The zero-order valence-corrected chi connectivity index (χ0v) is 10.4. The lowest BCUT2D eigenvalue weighted by Gasteiger charge is -2.26. The summed E-state index contributed by atoms with van der Waals surface area (Å²) in [5.41, 5.74) is 0. The quantitative estimate of drug-likeness (QED) is 0.859. The van der Waals surface area contributed by atoms with Crippen LogP contribution in [0.2, 0.25) is 0 Å². The van der Waals surface area contributed by atoms with Crippen LogP contribution in [-0.2, 0) is 13.0 Å². The summed E-state index contributed by atoms with van der Waals surface area (Å²) in [6.07, 6.45) is 5.47. The van der Waals surface area contributed by atoms with E-state index >= 15 is 0 Å². The molecule has 96 valence electrons. The molecule has 1 atom stereocenters. The first kappa shape index (κ1) is 12.5. The zero-order chi connectivity index (χ0) is 12.1. The Morgan fingerprint density at radius 2 is 2.12 bits per heavy atom. The number of nitrogens with zero attached hydrogens (tertiary/aromatic N) is 3. The van der Waals surface area contributed by atoms with Gasteiger partial charge in [0.05, 0.1) is 13.2 Å². The van der Waals surface area contributed by atoms with Crippen LogP contribution >= 0.6 is 0 Å². The monoisotopic (exact) mass is 239 g/mol. The summed E-state index contributed by atoms with van der Waals surface area (Å²) < 4.78 is 5.52. The summed E-state index contributed by atoms with van der Waals surface area (Å²) in [5, 5.41) is 17.4. The van der Waals surface area contributed by atoms with E-state index in [1.54, 1.807) is 0 Å². The highest BCUT2D eigenvalue weighted by Gasteiger charge is 2.22. The van der Waals surface area contributed by atoms with Crippen LogP contribution in [0.1, 0.15) is 44.4 Å². The van der Waals surface area contributed by atoms with Crippen molar-refractivity contribution in [3.05, 3.63) is 11.8 Å². The molecular weight excluding hydrogens is 218 g/mol. The fourth-order valence-electron chi connectivity index (χ4n) is 2.32. The highest BCUT2D eigenvalue weighted by atomic mass is 16.4. The Hall–Kier alpha value is -0.940. The number of aliphatic hydroxyl groups excluding tert-OH is 1. The fraction of sp³-hybridized carbons (Fsp3) is 0.833. The topological polar surface area (TPSA) is 62.4 Å². The van der Waals surface area contributed by atoms with Gasteiger partial charge in [-0.25, -0.2) is 0 Å². The Morgan fingerprint density at radius 1 is 1.29 bits per heavy atom. The summed E-state index contributed by atoms with van der Waals surface area (Å²) in [5.74, 6) is 1.36. The third kappa shape index (κ3) is 3.26. The van der Waals surface area contributed by atoms with E-state index in [1.807, 2.05) is 6.92 Å². The van der Waals surface area contributed by atoms with Crippen LogP contribution < -0.4 is 0 Å². The molecule has 0 spiro atoms. The predicted octanol–water partition coefficient (Wildman–Crippen LogP) is 1.37. The second-order valence-corrected chi connectivity index (χ2v) is 4.60. The first-order valence-electron chi connectivity index (χ1n) is 6.49. The van der Waals surface area contributed by atoms with Gasteiger partial charge in [-0.2, -0.15) is 0 Å². The number of rotatable bonds is 4. The van der Waals surface area contributed by atoms with E-state index in [4.69, 9.17) is 4.42 Å². The maximum atomic E-state index is 9.41. The molecule has 0 bridgehead atoms. The number of aryl methyl sites for hydroxylation is 1. The minimum atomic E-state index is 0.217. The molecule has 0 aromatic carbocycles. The van der Waals surface area contributed by atoms with Gasteiger partial charge in [0.25, 0.3) is 0 Å². The molecule has 0 saturated carbocycles. The summed E-state index contributed by atoms with van der Waals surface area (Å²) in [7, 11) is 0. The molecule has 1 aromatic rings. The molecule has 1 unspecified atom stereocenters. The van der Waals surface area contributed by atoms with Crippen LogP contribution in [0.5, 0.6) is 0 Å². The van der Waals surface area contributed by atoms with Crippen LogP contribution in [0.3, 0.4) is 0 Å². The molecule has 2 rings (SSSR count). The van der Waals surface area contributed by atoms with Crippen LogP contribution in [-0.4, -0.2) is 39.4 Å². The lowest BCUT2D eigenvalue weighted by molar-refractivity contribution is 0.109. The zero-order valence-electron chi connectivity index (χ0n) is 10.4. The summed E-state index contributed by atoms with van der Waals surface area (Å²) in [6, 6.07) is 0.245. The lowest BCUT2D eigenvalue weighted by atomic mass is 10.1. The van der Waals surface area contributed by atoms with E-state index in [0.29, 0.717) is 18.3 Å². The smallest absolute Gasteiger partial charge is 0.230 e. The van der Waals surface area contributed by atoms with Crippen molar-refractivity contribution in [3.8, 4) is 0 Å². The average molecular weight is 239 g/mol. The molecule has 17 heavy (non-hydrogen) atoms. The molecule has 1 aliphatic heterocycles. The van der Waals surface area contributed by atoms with Gasteiger partial charge in [-0.05, 0) is 19.4 Å². The first-order chi connectivity index (χ1) is 8.33. The average Bonchev–Trinajstić information content (AvgIpc) is 2.68.